The van der Waals surface area contributed by atoms with Crippen molar-refractivity contribution in [1.29, 1.82) is 0 Å². The number of fused-ring (bicyclic) bond motifs is 1. The molecule has 0 aliphatic carbocycles. The minimum absolute atomic E-state index is 0.00211. The molecule has 7 N–H and O–H groups in total. The second-order valence-corrected chi connectivity index (χ2v) is 12.2. The van der Waals surface area contributed by atoms with Crippen molar-refractivity contribution in [3.05, 3.63) is 71.2 Å². The number of rotatable bonds is 10. The lowest BCUT2D eigenvalue weighted by Gasteiger charge is -2.49. The minimum Gasteiger partial charge on any atom is -0.503 e. The fraction of sp³-hybridized carbons (Fsp3) is 0.261. The maximum Gasteiger partial charge on any atom is 0.352 e. The Morgan fingerprint density at radius 3 is 2.76 bits per heavy atom. The van der Waals surface area contributed by atoms with E-state index in [4.69, 9.17) is 10.6 Å². The van der Waals surface area contributed by atoms with Crippen LogP contribution in [-0.2, 0) is 32.9 Å². The largest absolute Gasteiger partial charge is 0.503 e. The molecule has 19 nitrogen and oxygen atoms in total. The van der Waals surface area contributed by atoms with Crippen LogP contribution in [0.4, 0.5) is 5.13 Å². The van der Waals surface area contributed by atoms with E-state index in [2.05, 4.69) is 25.7 Å². The maximum atomic E-state index is 13.3. The Morgan fingerprint density at radius 2 is 2.07 bits per heavy atom. The van der Waals surface area contributed by atoms with Crippen LogP contribution in [0, 0.1) is 0 Å². The molecule has 2 amide bonds. The first-order valence-corrected chi connectivity index (χ1v) is 15.3. The number of β-lactam (4-membered cyclic amide) rings is 1. The maximum absolute atomic E-state index is 13.3. The number of nitrogens with zero attached hydrogens (tertiary/aromatic N) is 6. The number of carboxylic acid groups (broad SMARTS) is 1. The Balaban J connectivity index is 1.32. The molecule has 1 fully saturated rings. The number of nitrogens with one attached hydrogen (secondary N) is 2. The molecule has 0 saturated carbocycles. The molecule has 22 heteroatoms. The Bertz CT molecular complexity index is 1960. The smallest absolute Gasteiger partial charge is 0.352 e. The molecule has 2 aliphatic rings. The van der Waals surface area contributed by atoms with Gasteiger partial charge in [0.25, 0.3) is 11.8 Å². The second kappa shape index (κ2) is 12.5. The number of thioether (sulfide) groups is 2. The van der Waals surface area contributed by atoms with Crippen molar-refractivity contribution in [2.75, 3.05) is 17.2 Å². The van der Waals surface area contributed by atoms with Gasteiger partial charge in [-0.3, -0.25) is 33.4 Å². The highest BCUT2D eigenvalue weighted by atomic mass is 32.2. The zero-order chi connectivity index (χ0) is 32.6. The van der Waals surface area contributed by atoms with E-state index in [0.717, 1.165) is 44.8 Å². The van der Waals surface area contributed by atoms with Gasteiger partial charge >= 0.3 is 17.1 Å². The Kier molecular flexibility index (Phi) is 8.70. The number of nitrogen functional groups attached to an aromatic ring is 1. The van der Waals surface area contributed by atoms with Gasteiger partial charge in [0.15, 0.2) is 28.4 Å². The third-order valence-electron chi connectivity index (χ3n) is 6.39. The monoisotopic (exact) mass is 679 g/mol. The van der Waals surface area contributed by atoms with Crippen LogP contribution >= 0.6 is 34.9 Å². The molecule has 0 aromatic carbocycles. The summed E-state index contributed by atoms with van der Waals surface area (Å²) in [6.07, 6.45) is 0.752. The third kappa shape index (κ3) is 6.14. The molecule has 0 unspecified atom stereocenters. The molecule has 5 heterocycles. The average molecular weight is 680 g/mol. The molecular weight excluding hydrogens is 659 g/mol. The molecule has 3 aromatic heterocycles. The number of hydrogen-bond donors (Lipinski definition) is 6. The normalized spacial score (nSPS) is 17.9. The quantitative estimate of drug-likeness (QED) is 0.0340. The Morgan fingerprint density at radius 1 is 1.31 bits per heavy atom. The first-order valence-electron chi connectivity index (χ1n) is 12.4. The summed E-state index contributed by atoms with van der Waals surface area (Å²) in [7, 11) is 1.35. The number of hydrogen-bond acceptors (Lipinski definition) is 16. The van der Waals surface area contributed by atoms with E-state index in [-0.39, 0.29) is 38.9 Å². The predicted molar refractivity (Wildman–Crippen MR) is 158 cm³/mol. The summed E-state index contributed by atoms with van der Waals surface area (Å²) < 4.78 is 1.46. The third-order valence-corrected chi connectivity index (χ3v) is 9.52. The van der Waals surface area contributed by atoms with Crippen LogP contribution < -0.4 is 27.6 Å². The molecule has 236 valence electrons. The predicted octanol–water partition coefficient (Wildman–Crippen LogP) is -1.94. The molecule has 0 spiro atoms. The van der Waals surface area contributed by atoms with Gasteiger partial charge in [-0.2, -0.15) is 4.73 Å². The molecule has 5 rings (SSSR count). The fourth-order valence-corrected chi connectivity index (χ4v) is 7.12. The van der Waals surface area contributed by atoms with E-state index in [1.807, 2.05) is 0 Å². The summed E-state index contributed by atoms with van der Waals surface area (Å²) in [4.78, 5) is 84.0. The minimum atomic E-state index is -1.37. The topological polar surface area (TPSA) is 277 Å². The van der Waals surface area contributed by atoms with Crippen LogP contribution in [-0.4, -0.2) is 91.2 Å². The summed E-state index contributed by atoms with van der Waals surface area (Å²) in [6.45, 7) is -0.507. The highest BCUT2D eigenvalue weighted by Crippen LogP contribution is 2.41. The molecule has 2 aliphatic heterocycles. The van der Waals surface area contributed by atoms with E-state index in [9.17, 15) is 44.2 Å². The number of aromatic hydroxyl groups is 1. The van der Waals surface area contributed by atoms with Crippen molar-refractivity contribution in [1.82, 2.24) is 34.7 Å². The Labute approximate surface area is 262 Å². The van der Waals surface area contributed by atoms with Crippen molar-refractivity contribution in [2.24, 2.45) is 12.2 Å². The number of carbonyl (C=O) groups excluding carboxylic acids is 2. The summed E-state index contributed by atoms with van der Waals surface area (Å²) in [5, 5.41) is 42.3. The van der Waals surface area contributed by atoms with Gasteiger partial charge < -0.3 is 31.3 Å². The van der Waals surface area contributed by atoms with E-state index < -0.39 is 63.8 Å². The van der Waals surface area contributed by atoms with Gasteiger partial charge in [0, 0.05) is 30.0 Å². The Hall–Kier alpha value is -5.09. The summed E-state index contributed by atoms with van der Waals surface area (Å²) in [5.74, 6) is -3.49. The molecule has 3 aromatic rings. The average Bonchev–Trinajstić information content (AvgIpc) is 3.43. The van der Waals surface area contributed by atoms with Crippen LogP contribution in [0.15, 0.2) is 53.6 Å². The molecule has 2 atom stereocenters. The molecule has 1 saturated heterocycles. The number of H-pyrrole nitrogens is 1. The van der Waals surface area contributed by atoms with Gasteiger partial charge in [-0.25, -0.2) is 14.9 Å². The van der Waals surface area contributed by atoms with E-state index in [1.54, 1.807) is 0 Å². The van der Waals surface area contributed by atoms with Crippen LogP contribution in [0.5, 0.6) is 5.75 Å². The highest BCUT2D eigenvalue weighted by Gasteiger charge is 2.54. The summed E-state index contributed by atoms with van der Waals surface area (Å²) >= 11 is 3.19. The lowest BCUT2D eigenvalue weighted by molar-refractivity contribution is -0.150. The number of amides is 2. The number of anilines is 1. The first-order chi connectivity index (χ1) is 21.4. The van der Waals surface area contributed by atoms with Crippen molar-refractivity contribution in [2.45, 2.75) is 23.2 Å². The number of thiazole rings is 1. The lowest BCUT2D eigenvalue weighted by Crippen LogP contribution is -2.71. The number of pyridine rings is 1. The van der Waals surface area contributed by atoms with E-state index >= 15 is 0 Å². The van der Waals surface area contributed by atoms with Gasteiger partial charge in [0.2, 0.25) is 5.43 Å². The van der Waals surface area contributed by atoms with Crippen LogP contribution in [0.1, 0.15) is 11.4 Å². The zero-order valence-corrected chi connectivity index (χ0v) is 25.1. The summed E-state index contributed by atoms with van der Waals surface area (Å²) in [6, 6.07) is -0.250. The number of oxime groups is 1. The van der Waals surface area contributed by atoms with Gasteiger partial charge in [-0.15, -0.1) is 28.2 Å². The van der Waals surface area contributed by atoms with Crippen molar-refractivity contribution >= 4 is 63.5 Å². The first kappa shape index (κ1) is 31.3. The number of nitrogens with two attached hydrogens (primary N) is 1. The van der Waals surface area contributed by atoms with Crippen LogP contribution in [0.25, 0.3) is 0 Å². The summed E-state index contributed by atoms with van der Waals surface area (Å²) in [5.41, 5.74) is 2.74. The van der Waals surface area contributed by atoms with Gasteiger partial charge in [-0.1, -0.05) is 16.9 Å². The number of aromatic amines is 1. The van der Waals surface area contributed by atoms with Crippen molar-refractivity contribution in [3.63, 3.8) is 0 Å². The number of aliphatic carboxylic acids is 1. The molecule has 0 radical (unpaired) electrons. The van der Waals surface area contributed by atoms with Gasteiger partial charge in [0.1, 0.15) is 28.5 Å². The number of carboxylic acids is 1. The standard InChI is InChI=1S/C23H21N9O10S3/c1-30-19(38)17(36)27-28-23(30)45-6-8-5-43-20-14(18(37)32(20)15(8)21(39)40)26-16(35)13(10-7-44-22(24)25-10)29-42-4-9-2-11(33)12(34)3-31(9)41/h2-3,7,14,20,34,41H,4-6H2,1H3,(H2,24,25)(H,26,35)(H,27,36)(H,39,40)/t14-,20-/m1/s1. The van der Waals surface area contributed by atoms with E-state index in [0.29, 0.717) is 10.3 Å². The fourth-order valence-electron chi connectivity index (χ4n) is 4.17. The molecular formula is C23H21N9O10S3. The van der Waals surface area contributed by atoms with E-state index in [1.165, 1.54) is 24.2 Å². The van der Waals surface area contributed by atoms with Crippen LogP contribution in [0.2, 0.25) is 0 Å². The van der Waals surface area contributed by atoms with Crippen LogP contribution in [0.3, 0.4) is 0 Å². The molecule has 45 heavy (non-hydrogen) atoms. The highest BCUT2D eigenvalue weighted by molar-refractivity contribution is 8.01. The second-order valence-electron chi connectivity index (χ2n) is 9.25. The zero-order valence-electron chi connectivity index (χ0n) is 22.7. The van der Waals surface area contributed by atoms with Gasteiger partial charge in [0.05, 0.1) is 6.20 Å². The van der Waals surface area contributed by atoms with Crippen molar-refractivity contribution in [3.8, 4) is 5.75 Å². The SMILES string of the molecule is Cn1c(SCC2=C(C(=O)O)N3C(=O)[C@@H](NC(=O)C(=NOCc4cc(=O)c(O)cn4O)c4csc(N)n4)[C@H]3SC2)n[nH]c(=O)c1=O. The van der Waals surface area contributed by atoms with Gasteiger partial charge in [-0.05, 0) is 5.57 Å². The van der Waals surface area contributed by atoms with Crippen molar-refractivity contribution < 1.29 is 34.6 Å². The number of carbonyl (C=O) groups is 3. The lowest BCUT2D eigenvalue weighted by atomic mass is 10.0. The molecule has 0 bridgehead atoms. The number of aromatic nitrogens is 5.